The maximum absolute atomic E-state index is 11.5. The van der Waals surface area contributed by atoms with Crippen molar-refractivity contribution in [2.24, 2.45) is 0 Å². The number of esters is 1. The summed E-state index contributed by atoms with van der Waals surface area (Å²) >= 11 is 0. The fourth-order valence-corrected chi connectivity index (χ4v) is 1.65. The summed E-state index contributed by atoms with van der Waals surface area (Å²) in [6.45, 7) is 9.11. The molecule has 0 saturated heterocycles. The first kappa shape index (κ1) is 16.7. The summed E-state index contributed by atoms with van der Waals surface area (Å²) in [6.07, 6.45) is 0. The molecule has 1 aromatic rings. The molecule has 4 nitrogen and oxygen atoms in total. The Balaban J connectivity index is 2.36. The van der Waals surface area contributed by atoms with Crippen molar-refractivity contribution < 1.29 is 19.0 Å². The number of hydrogen-bond donors (Lipinski definition) is 0. The van der Waals surface area contributed by atoms with Crippen LogP contribution in [0.4, 0.5) is 0 Å². The van der Waals surface area contributed by atoms with Crippen molar-refractivity contribution in [1.29, 1.82) is 0 Å². The van der Waals surface area contributed by atoms with Gasteiger partial charge in [0.1, 0.15) is 12.2 Å². The molecule has 4 heteroatoms. The normalized spacial score (nSPS) is 11.4. The van der Waals surface area contributed by atoms with Crippen molar-refractivity contribution in [3.05, 3.63) is 35.4 Å². The molecule has 0 fully saturated rings. The SMILES string of the molecule is CCOCc1cccc(COCC(=O)OC(C)(C)C)c1. The molecule has 1 rings (SSSR count). The van der Waals surface area contributed by atoms with E-state index in [1.807, 2.05) is 52.0 Å². The number of carbonyl (C=O) groups excluding carboxylic acids is 1. The Morgan fingerprint density at radius 2 is 1.70 bits per heavy atom. The molecule has 0 atom stereocenters. The van der Waals surface area contributed by atoms with E-state index in [1.165, 1.54) is 0 Å². The Labute approximate surface area is 121 Å². The molecule has 0 saturated carbocycles. The lowest BCUT2D eigenvalue weighted by Gasteiger charge is -2.19. The van der Waals surface area contributed by atoms with E-state index in [2.05, 4.69) is 0 Å². The molecule has 0 radical (unpaired) electrons. The Morgan fingerprint density at radius 3 is 2.25 bits per heavy atom. The molecule has 0 aliphatic rings. The topological polar surface area (TPSA) is 44.8 Å². The minimum absolute atomic E-state index is 0.0348. The van der Waals surface area contributed by atoms with Crippen LogP contribution in [0.3, 0.4) is 0 Å². The third-order valence-corrected chi connectivity index (χ3v) is 2.37. The molecule has 0 unspecified atom stereocenters. The molecule has 0 aliphatic heterocycles. The number of ether oxygens (including phenoxy) is 3. The molecule has 0 amide bonds. The number of benzene rings is 1. The molecule has 0 spiro atoms. The first-order valence-electron chi connectivity index (χ1n) is 6.86. The second-order valence-corrected chi connectivity index (χ2v) is 5.54. The smallest absolute Gasteiger partial charge is 0.332 e. The van der Waals surface area contributed by atoms with Crippen LogP contribution in [0.15, 0.2) is 24.3 Å². The van der Waals surface area contributed by atoms with Crippen molar-refractivity contribution in [2.45, 2.75) is 46.5 Å². The predicted octanol–water partition coefficient (Wildman–Crippen LogP) is 3.08. The Bertz CT molecular complexity index is 421. The molecule has 0 aliphatic carbocycles. The highest BCUT2D eigenvalue weighted by atomic mass is 16.6. The number of hydrogen-bond acceptors (Lipinski definition) is 4. The van der Waals surface area contributed by atoms with Crippen molar-refractivity contribution >= 4 is 5.97 Å². The molecule has 0 heterocycles. The van der Waals surface area contributed by atoms with E-state index in [4.69, 9.17) is 14.2 Å². The van der Waals surface area contributed by atoms with Crippen LogP contribution in [-0.2, 0) is 32.2 Å². The third-order valence-electron chi connectivity index (χ3n) is 2.37. The van der Waals surface area contributed by atoms with Gasteiger partial charge in [0.25, 0.3) is 0 Å². The van der Waals surface area contributed by atoms with Gasteiger partial charge in [-0.3, -0.25) is 0 Å². The maximum Gasteiger partial charge on any atom is 0.332 e. The molecular weight excluding hydrogens is 256 g/mol. The van der Waals surface area contributed by atoms with Gasteiger partial charge in [0.05, 0.1) is 13.2 Å². The largest absolute Gasteiger partial charge is 0.458 e. The van der Waals surface area contributed by atoms with Gasteiger partial charge in [-0.25, -0.2) is 4.79 Å². The van der Waals surface area contributed by atoms with Crippen LogP contribution < -0.4 is 0 Å². The van der Waals surface area contributed by atoms with Crippen LogP contribution in [-0.4, -0.2) is 24.8 Å². The molecule has 1 aromatic carbocycles. The van der Waals surface area contributed by atoms with Crippen LogP contribution in [0, 0.1) is 0 Å². The lowest BCUT2D eigenvalue weighted by molar-refractivity contribution is -0.160. The molecule has 0 bridgehead atoms. The number of rotatable bonds is 7. The van der Waals surface area contributed by atoms with Crippen molar-refractivity contribution in [1.82, 2.24) is 0 Å². The summed E-state index contributed by atoms with van der Waals surface area (Å²) in [7, 11) is 0. The van der Waals surface area contributed by atoms with Crippen molar-refractivity contribution in [3.8, 4) is 0 Å². The van der Waals surface area contributed by atoms with Gasteiger partial charge in [0.2, 0.25) is 0 Å². The molecule has 0 N–H and O–H groups in total. The first-order chi connectivity index (χ1) is 9.40. The summed E-state index contributed by atoms with van der Waals surface area (Å²) in [6, 6.07) is 7.95. The minimum atomic E-state index is -0.474. The summed E-state index contributed by atoms with van der Waals surface area (Å²) < 4.78 is 15.9. The van der Waals surface area contributed by atoms with E-state index in [0.29, 0.717) is 19.8 Å². The van der Waals surface area contributed by atoms with E-state index in [0.717, 1.165) is 11.1 Å². The van der Waals surface area contributed by atoms with E-state index in [-0.39, 0.29) is 12.6 Å². The van der Waals surface area contributed by atoms with Crippen LogP contribution in [0.2, 0.25) is 0 Å². The quantitative estimate of drug-likeness (QED) is 0.720. The average molecular weight is 280 g/mol. The van der Waals surface area contributed by atoms with E-state index < -0.39 is 5.60 Å². The summed E-state index contributed by atoms with van der Waals surface area (Å²) in [5.41, 5.74) is 1.65. The minimum Gasteiger partial charge on any atom is -0.458 e. The lowest BCUT2D eigenvalue weighted by atomic mass is 10.1. The van der Waals surface area contributed by atoms with Gasteiger partial charge in [0, 0.05) is 6.61 Å². The molecule has 20 heavy (non-hydrogen) atoms. The van der Waals surface area contributed by atoms with Crippen molar-refractivity contribution in [3.63, 3.8) is 0 Å². The highest BCUT2D eigenvalue weighted by Gasteiger charge is 2.15. The van der Waals surface area contributed by atoms with Gasteiger partial charge in [-0.15, -0.1) is 0 Å². The second kappa shape index (κ2) is 8.02. The Kier molecular flexibility index (Phi) is 6.68. The third kappa shape index (κ3) is 7.26. The lowest BCUT2D eigenvalue weighted by Crippen LogP contribution is -2.26. The fraction of sp³-hybridized carbons (Fsp3) is 0.562. The monoisotopic (exact) mass is 280 g/mol. The van der Waals surface area contributed by atoms with Gasteiger partial charge < -0.3 is 14.2 Å². The Morgan fingerprint density at radius 1 is 1.10 bits per heavy atom. The highest BCUT2D eigenvalue weighted by molar-refractivity contribution is 5.71. The molecule has 112 valence electrons. The predicted molar refractivity (Wildman–Crippen MR) is 77.3 cm³/mol. The zero-order valence-electron chi connectivity index (χ0n) is 12.8. The number of carbonyl (C=O) groups is 1. The molecule has 0 aromatic heterocycles. The maximum atomic E-state index is 11.5. The summed E-state index contributed by atoms with van der Waals surface area (Å²) in [4.78, 5) is 11.5. The Hall–Kier alpha value is -1.39. The van der Waals surface area contributed by atoms with Gasteiger partial charge in [-0.2, -0.15) is 0 Å². The van der Waals surface area contributed by atoms with E-state index in [9.17, 15) is 4.79 Å². The van der Waals surface area contributed by atoms with Gasteiger partial charge in [-0.1, -0.05) is 24.3 Å². The fourth-order valence-electron chi connectivity index (χ4n) is 1.65. The summed E-state index contributed by atoms with van der Waals surface area (Å²) in [5.74, 6) is -0.344. The van der Waals surface area contributed by atoms with Gasteiger partial charge in [-0.05, 0) is 38.8 Å². The van der Waals surface area contributed by atoms with Crippen LogP contribution >= 0.6 is 0 Å². The van der Waals surface area contributed by atoms with E-state index in [1.54, 1.807) is 0 Å². The zero-order chi connectivity index (χ0) is 15.0. The van der Waals surface area contributed by atoms with E-state index >= 15 is 0 Å². The van der Waals surface area contributed by atoms with Crippen LogP contribution in [0.25, 0.3) is 0 Å². The first-order valence-corrected chi connectivity index (χ1v) is 6.86. The van der Waals surface area contributed by atoms with Gasteiger partial charge >= 0.3 is 5.97 Å². The van der Waals surface area contributed by atoms with Crippen LogP contribution in [0.1, 0.15) is 38.8 Å². The highest BCUT2D eigenvalue weighted by Crippen LogP contribution is 2.09. The average Bonchev–Trinajstić information content (AvgIpc) is 2.34. The standard InChI is InChI=1S/C16H24O4/c1-5-18-10-13-7-6-8-14(9-13)11-19-12-15(17)20-16(2,3)4/h6-9H,5,10-12H2,1-4H3. The van der Waals surface area contributed by atoms with Gasteiger partial charge in [0.15, 0.2) is 0 Å². The zero-order valence-corrected chi connectivity index (χ0v) is 12.8. The summed E-state index contributed by atoms with van der Waals surface area (Å²) in [5, 5.41) is 0. The second-order valence-electron chi connectivity index (χ2n) is 5.54. The van der Waals surface area contributed by atoms with Crippen molar-refractivity contribution in [2.75, 3.05) is 13.2 Å². The van der Waals surface area contributed by atoms with Crippen LogP contribution in [0.5, 0.6) is 0 Å². The molecular formula is C16H24O4.